The fourth-order valence-electron chi connectivity index (χ4n) is 3.63. The smallest absolute Gasteiger partial charge is 0.238 e. The number of aromatic nitrogens is 1. The molecule has 0 atom stereocenters. The van der Waals surface area contributed by atoms with Crippen molar-refractivity contribution in [2.75, 3.05) is 13.7 Å². The second-order valence-electron chi connectivity index (χ2n) is 6.51. The number of nitrogens with two attached hydrogens (primary N) is 1. The number of nitrogens with one attached hydrogen (secondary N) is 1. The van der Waals surface area contributed by atoms with Crippen LogP contribution in [0.1, 0.15) is 16.8 Å². The third-order valence-corrected chi connectivity index (χ3v) is 5.86. The number of fused-ring (bicyclic) bond motifs is 3. The molecule has 0 amide bonds. The van der Waals surface area contributed by atoms with Crippen molar-refractivity contribution in [2.24, 2.45) is 5.14 Å². The molecule has 3 aromatic rings. The molecule has 0 saturated carbocycles. The number of benzene rings is 2. The van der Waals surface area contributed by atoms with Crippen LogP contribution in [0.2, 0.25) is 0 Å². The summed E-state index contributed by atoms with van der Waals surface area (Å²) in [5, 5.41) is 9.82. The molecule has 1 aliphatic heterocycles. The Balaban J connectivity index is 1.79. The first kappa shape index (κ1) is 17.1. The molecule has 0 unspecified atom stereocenters. The number of methoxy groups -OCH3 is 1. The van der Waals surface area contributed by atoms with E-state index in [1.165, 1.54) is 16.6 Å². The van der Waals surface area contributed by atoms with Crippen LogP contribution < -0.4 is 15.2 Å². The largest absolute Gasteiger partial charge is 0.497 e. The number of ether oxygens (including phenoxy) is 1. The molecule has 6 nitrogen and oxygen atoms in total. The average molecular weight is 371 g/mol. The van der Waals surface area contributed by atoms with Gasteiger partial charge in [-0.2, -0.15) is 0 Å². The molecule has 2 heterocycles. The maximum Gasteiger partial charge on any atom is 0.238 e. The van der Waals surface area contributed by atoms with Crippen molar-refractivity contribution in [3.05, 3.63) is 59.3 Å². The molecular formula is C19H21N3O3S. The van der Waals surface area contributed by atoms with Crippen LogP contribution in [0.5, 0.6) is 5.75 Å². The van der Waals surface area contributed by atoms with Gasteiger partial charge in [0.15, 0.2) is 0 Å². The number of sulfonamides is 1. The van der Waals surface area contributed by atoms with Crippen molar-refractivity contribution in [1.82, 2.24) is 9.88 Å². The van der Waals surface area contributed by atoms with E-state index in [2.05, 4.69) is 22.0 Å². The number of hydrogen-bond acceptors (Lipinski definition) is 4. The standard InChI is InChI=1S/C19H21N3O3S/c1-25-14-4-7-18-16(10-14)17-11-21-9-8-19(17)22(18)12-13-2-5-15(6-3-13)26(20,23)24/h2-7,10,21H,8-9,11-12H2,1H3,(H2,20,23,24). The van der Waals surface area contributed by atoms with Gasteiger partial charge in [0.2, 0.25) is 10.0 Å². The summed E-state index contributed by atoms with van der Waals surface area (Å²) in [6.07, 6.45) is 0.960. The first-order chi connectivity index (χ1) is 12.5. The first-order valence-electron chi connectivity index (χ1n) is 8.48. The van der Waals surface area contributed by atoms with Gasteiger partial charge in [-0.25, -0.2) is 13.6 Å². The summed E-state index contributed by atoms with van der Waals surface area (Å²) in [4.78, 5) is 0.134. The van der Waals surface area contributed by atoms with Crippen molar-refractivity contribution < 1.29 is 13.2 Å². The Hall–Kier alpha value is -2.35. The van der Waals surface area contributed by atoms with Crippen LogP contribution in [0.4, 0.5) is 0 Å². The maximum absolute atomic E-state index is 11.4. The van der Waals surface area contributed by atoms with Crippen LogP contribution in [0, 0.1) is 0 Å². The minimum Gasteiger partial charge on any atom is -0.497 e. The second-order valence-corrected chi connectivity index (χ2v) is 8.07. The molecule has 0 radical (unpaired) electrons. The van der Waals surface area contributed by atoms with E-state index in [1.807, 2.05) is 18.2 Å². The predicted octanol–water partition coefficient (Wildman–Crippen LogP) is 1.99. The van der Waals surface area contributed by atoms with Gasteiger partial charge in [-0.05, 0) is 41.5 Å². The lowest BCUT2D eigenvalue weighted by molar-refractivity contribution is 0.415. The fourth-order valence-corrected chi connectivity index (χ4v) is 4.15. The van der Waals surface area contributed by atoms with Crippen LogP contribution >= 0.6 is 0 Å². The van der Waals surface area contributed by atoms with E-state index < -0.39 is 10.0 Å². The highest BCUT2D eigenvalue weighted by atomic mass is 32.2. The van der Waals surface area contributed by atoms with E-state index in [1.54, 1.807) is 19.2 Å². The summed E-state index contributed by atoms with van der Waals surface area (Å²) < 4.78 is 30.6. The van der Waals surface area contributed by atoms with E-state index >= 15 is 0 Å². The van der Waals surface area contributed by atoms with Crippen molar-refractivity contribution in [3.8, 4) is 5.75 Å². The molecule has 3 N–H and O–H groups in total. The van der Waals surface area contributed by atoms with Crippen molar-refractivity contribution in [3.63, 3.8) is 0 Å². The molecule has 0 bridgehead atoms. The Morgan fingerprint density at radius 2 is 1.96 bits per heavy atom. The van der Waals surface area contributed by atoms with Gasteiger partial charge in [-0.1, -0.05) is 12.1 Å². The molecule has 2 aromatic carbocycles. The van der Waals surface area contributed by atoms with Gasteiger partial charge in [0.25, 0.3) is 0 Å². The van der Waals surface area contributed by atoms with E-state index in [0.29, 0.717) is 6.54 Å². The zero-order valence-electron chi connectivity index (χ0n) is 14.5. The molecule has 0 spiro atoms. The summed E-state index contributed by atoms with van der Waals surface area (Å²) in [7, 11) is -1.99. The van der Waals surface area contributed by atoms with Crippen LogP contribution in [0.15, 0.2) is 47.4 Å². The molecular weight excluding hydrogens is 350 g/mol. The molecule has 0 fully saturated rings. The van der Waals surface area contributed by atoms with Crippen molar-refractivity contribution in [2.45, 2.75) is 24.4 Å². The Morgan fingerprint density at radius 1 is 1.19 bits per heavy atom. The average Bonchev–Trinajstić information content (AvgIpc) is 2.95. The SMILES string of the molecule is COc1ccc2c(c1)c1c(n2Cc2ccc(S(N)(=O)=O)cc2)CCNC1. The Kier molecular flexibility index (Phi) is 4.22. The van der Waals surface area contributed by atoms with E-state index in [-0.39, 0.29) is 4.90 Å². The maximum atomic E-state index is 11.4. The van der Waals surface area contributed by atoms with Crippen LogP contribution in [0.25, 0.3) is 10.9 Å². The van der Waals surface area contributed by atoms with Gasteiger partial charge in [0.05, 0.1) is 12.0 Å². The lowest BCUT2D eigenvalue weighted by atomic mass is 10.1. The summed E-state index contributed by atoms with van der Waals surface area (Å²) in [6.45, 7) is 2.48. The van der Waals surface area contributed by atoms with Crippen LogP contribution in [0.3, 0.4) is 0 Å². The summed E-state index contributed by atoms with van der Waals surface area (Å²) in [5.41, 5.74) is 4.83. The highest BCUT2D eigenvalue weighted by Crippen LogP contribution is 2.32. The second kappa shape index (κ2) is 6.42. The highest BCUT2D eigenvalue weighted by molar-refractivity contribution is 7.89. The van der Waals surface area contributed by atoms with Gasteiger partial charge in [-0.15, -0.1) is 0 Å². The van der Waals surface area contributed by atoms with Gasteiger partial charge in [0, 0.05) is 42.7 Å². The summed E-state index contributed by atoms with van der Waals surface area (Å²) >= 11 is 0. The van der Waals surface area contributed by atoms with Crippen LogP contribution in [-0.4, -0.2) is 26.6 Å². The highest BCUT2D eigenvalue weighted by Gasteiger charge is 2.20. The molecule has 136 valence electrons. The number of hydrogen-bond donors (Lipinski definition) is 2. The number of nitrogens with zero attached hydrogens (tertiary/aromatic N) is 1. The summed E-state index contributed by atoms with van der Waals surface area (Å²) in [6, 6.07) is 12.9. The zero-order chi connectivity index (χ0) is 18.3. The minimum atomic E-state index is -3.67. The zero-order valence-corrected chi connectivity index (χ0v) is 15.3. The number of rotatable bonds is 4. The van der Waals surface area contributed by atoms with Gasteiger partial charge in [-0.3, -0.25) is 0 Å². The van der Waals surface area contributed by atoms with Crippen LogP contribution in [-0.2, 0) is 29.5 Å². The predicted molar refractivity (Wildman–Crippen MR) is 101 cm³/mol. The molecule has 26 heavy (non-hydrogen) atoms. The lowest BCUT2D eigenvalue weighted by Gasteiger charge is -2.17. The topological polar surface area (TPSA) is 86.3 Å². The van der Waals surface area contributed by atoms with E-state index in [9.17, 15) is 8.42 Å². The van der Waals surface area contributed by atoms with Crippen molar-refractivity contribution >= 4 is 20.9 Å². The Labute approximate surface area is 152 Å². The Bertz CT molecular complexity index is 1070. The normalized spacial score (nSPS) is 14.4. The minimum absolute atomic E-state index is 0.134. The van der Waals surface area contributed by atoms with Gasteiger partial charge < -0.3 is 14.6 Å². The quantitative estimate of drug-likeness (QED) is 0.734. The van der Waals surface area contributed by atoms with Crippen molar-refractivity contribution in [1.29, 1.82) is 0 Å². The fraction of sp³-hybridized carbons (Fsp3) is 0.263. The Morgan fingerprint density at radius 3 is 2.65 bits per heavy atom. The number of primary sulfonamides is 1. The summed E-state index contributed by atoms with van der Waals surface area (Å²) in [5.74, 6) is 0.848. The van der Waals surface area contributed by atoms with Gasteiger partial charge >= 0.3 is 0 Å². The molecule has 1 aliphatic rings. The van der Waals surface area contributed by atoms with Gasteiger partial charge in [0.1, 0.15) is 5.75 Å². The first-order valence-corrected chi connectivity index (χ1v) is 10.0. The lowest BCUT2D eigenvalue weighted by Crippen LogP contribution is -2.24. The van der Waals surface area contributed by atoms with E-state index in [0.717, 1.165) is 36.3 Å². The molecule has 7 heteroatoms. The monoisotopic (exact) mass is 371 g/mol. The molecule has 4 rings (SSSR count). The molecule has 0 aliphatic carbocycles. The third-order valence-electron chi connectivity index (χ3n) is 4.93. The molecule has 1 aromatic heterocycles. The molecule has 0 saturated heterocycles. The van der Waals surface area contributed by atoms with E-state index in [4.69, 9.17) is 9.88 Å². The third kappa shape index (κ3) is 2.98.